The second-order valence-electron chi connectivity index (χ2n) is 3.03. The first-order chi connectivity index (χ1) is 4.70. The number of hydrogen-bond acceptors (Lipinski definition) is 2. The first kappa shape index (κ1) is 5.83. The minimum Gasteiger partial charge on any atom is -0.290 e. The van der Waals surface area contributed by atoms with Crippen LogP contribution in [0.25, 0.3) is 0 Å². The quantitative estimate of drug-likeness (QED) is 0.363. The molecule has 0 amide bonds. The van der Waals surface area contributed by atoms with E-state index in [1.54, 1.807) is 0 Å². The van der Waals surface area contributed by atoms with Crippen LogP contribution in [0.1, 0.15) is 13.3 Å². The van der Waals surface area contributed by atoms with E-state index in [1.165, 1.54) is 0 Å². The van der Waals surface area contributed by atoms with E-state index in [4.69, 9.17) is 0 Å². The largest absolute Gasteiger partial charge is 0.290 e. The van der Waals surface area contributed by atoms with Crippen molar-refractivity contribution in [3.8, 4) is 0 Å². The lowest BCUT2D eigenvalue weighted by Gasteiger charge is -2.04. The Morgan fingerprint density at radius 2 is 2.10 bits per heavy atom. The molecule has 2 aliphatic carbocycles. The number of carbonyl (C=O) groups excluding carboxylic acids is 2. The van der Waals surface area contributed by atoms with Crippen molar-refractivity contribution in [2.24, 2.45) is 11.8 Å². The molecule has 2 heteroatoms. The molecule has 0 N–H and O–H groups in total. The minimum atomic E-state index is -0.171. The summed E-state index contributed by atoms with van der Waals surface area (Å²) in [5, 5.41) is 0. The van der Waals surface area contributed by atoms with E-state index in [9.17, 15) is 9.59 Å². The van der Waals surface area contributed by atoms with E-state index >= 15 is 0 Å². The highest BCUT2D eigenvalue weighted by molar-refractivity contribution is 6.42. The third-order valence-electron chi connectivity index (χ3n) is 2.40. The van der Waals surface area contributed by atoms with Crippen LogP contribution >= 0.6 is 0 Å². The number of hydrogen-bond donors (Lipinski definition) is 0. The van der Waals surface area contributed by atoms with Gasteiger partial charge in [0.05, 0.1) is 0 Å². The van der Waals surface area contributed by atoms with Gasteiger partial charge in [-0.05, 0) is 13.3 Å². The molecule has 10 heavy (non-hydrogen) atoms. The van der Waals surface area contributed by atoms with Crippen LogP contribution in [0, 0.1) is 11.8 Å². The molecule has 0 aromatic rings. The van der Waals surface area contributed by atoms with Gasteiger partial charge in [0, 0.05) is 11.8 Å². The minimum absolute atomic E-state index is 0.0440. The molecule has 2 rings (SSSR count). The van der Waals surface area contributed by atoms with Gasteiger partial charge in [-0.1, -0.05) is 11.6 Å². The number of carbonyl (C=O) groups is 2. The van der Waals surface area contributed by atoms with Crippen molar-refractivity contribution in [2.45, 2.75) is 13.3 Å². The summed E-state index contributed by atoms with van der Waals surface area (Å²) in [5.74, 6) is -0.435. The molecule has 1 fully saturated rings. The Morgan fingerprint density at radius 3 is 2.50 bits per heavy atom. The third kappa shape index (κ3) is 0.491. The molecule has 52 valence electrons. The van der Waals surface area contributed by atoms with E-state index in [0.29, 0.717) is 0 Å². The average Bonchev–Trinajstić information content (AvgIpc) is 2.36. The van der Waals surface area contributed by atoms with Crippen LogP contribution < -0.4 is 0 Å². The van der Waals surface area contributed by atoms with Crippen molar-refractivity contribution in [3.63, 3.8) is 0 Å². The van der Waals surface area contributed by atoms with Crippen molar-refractivity contribution in [1.29, 1.82) is 0 Å². The highest BCUT2D eigenvalue weighted by Gasteiger charge is 2.44. The second kappa shape index (κ2) is 1.57. The molecule has 0 aliphatic heterocycles. The van der Waals surface area contributed by atoms with Crippen LogP contribution in [0.5, 0.6) is 0 Å². The summed E-state index contributed by atoms with van der Waals surface area (Å²) in [6.07, 6.45) is 2.68. The van der Waals surface area contributed by atoms with Gasteiger partial charge < -0.3 is 0 Å². The van der Waals surface area contributed by atoms with Gasteiger partial charge >= 0.3 is 0 Å². The van der Waals surface area contributed by atoms with Gasteiger partial charge in [-0.3, -0.25) is 9.59 Å². The van der Waals surface area contributed by atoms with E-state index in [1.807, 2.05) is 13.0 Å². The maximum absolute atomic E-state index is 11.0. The molecule has 1 saturated carbocycles. The third-order valence-corrected chi connectivity index (χ3v) is 2.40. The second-order valence-corrected chi connectivity index (χ2v) is 3.03. The zero-order valence-corrected chi connectivity index (χ0v) is 5.76. The van der Waals surface area contributed by atoms with Gasteiger partial charge in [0.15, 0.2) is 0 Å². The van der Waals surface area contributed by atoms with Gasteiger partial charge in [0.1, 0.15) is 0 Å². The molecule has 2 bridgehead atoms. The van der Waals surface area contributed by atoms with Crippen LogP contribution in [-0.2, 0) is 9.59 Å². The number of Topliss-reactive ketones (excluding diaryl/α,β-unsaturated/α-hetero) is 2. The summed E-state index contributed by atoms with van der Waals surface area (Å²) in [7, 11) is 0. The fourth-order valence-electron chi connectivity index (χ4n) is 1.79. The van der Waals surface area contributed by atoms with E-state index in [2.05, 4.69) is 0 Å². The van der Waals surface area contributed by atoms with Crippen molar-refractivity contribution >= 4 is 11.6 Å². The normalized spacial score (nSPS) is 37.1. The maximum atomic E-state index is 11.0. The molecule has 0 saturated heterocycles. The maximum Gasteiger partial charge on any atom is 0.206 e. The molecule has 0 spiro atoms. The standard InChI is InChI=1S/C8H8O2/c1-4-2-5-3-6(4)8(10)7(5)9/h2,5-6H,3H2,1H3. The average molecular weight is 136 g/mol. The molecular weight excluding hydrogens is 128 g/mol. The molecule has 2 atom stereocenters. The SMILES string of the molecule is CC1=CC2CC1C(=O)C2=O. The van der Waals surface area contributed by atoms with E-state index in [0.717, 1.165) is 12.0 Å². The summed E-state index contributed by atoms with van der Waals surface area (Å²) in [4.78, 5) is 21.9. The molecular formula is C8H8O2. The molecule has 2 nitrogen and oxygen atoms in total. The van der Waals surface area contributed by atoms with E-state index in [-0.39, 0.29) is 23.4 Å². The number of rotatable bonds is 0. The van der Waals surface area contributed by atoms with Crippen LogP contribution in [0.3, 0.4) is 0 Å². The van der Waals surface area contributed by atoms with Gasteiger partial charge in [-0.15, -0.1) is 0 Å². The zero-order valence-electron chi connectivity index (χ0n) is 5.76. The molecule has 0 heterocycles. The van der Waals surface area contributed by atoms with Crippen molar-refractivity contribution in [2.75, 3.05) is 0 Å². The van der Waals surface area contributed by atoms with Crippen molar-refractivity contribution in [3.05, 3.63) is 11.6 Å². The first-order valence-corrected chi connectivity index (χ1v) is 3.46. The summed E-state index contributed by atoms with van der Waals surface area (Å²) >= 11 is 0. The Kier molecular flexibility index (Phi) is 0.914. The highest BCUT2D eigenvalue weighted by Crippen LogP contribution is 2.38. The van der Waals surface area contributed by atoms with Crippen molar-refractivity contribution in [1.82, 2.24) is 0 Å². The van der Waals surface area contributed by atoms with E-state index < -0.39 is 0 Å². The Balaban J connectivity index is 2.47. The Morgan fingerprint density at radius 1 is 1.40 bits per heavy atom. The Hall–Kier alpha value is -0.920. The van der Waals surface area contributed by atoms with Gasteiger partial charge in [0.2, 0.25) is 11.6 Å². The fraction of sp³-hybridized carbons (Fsp3) is 0.500. The molecule has 0 radical (unpaired) electrons. The molecule has 0 aromatic carbocycles. The fourth-order valence-corrected chi connectivity index (χ4v) is 1.79. The van der Waals surface area contributed by atoms with Gasteiger partial charge in [0.25, 0.3) is 0 Å². The zero-order chi connectivity index (χ0) is 7.30. The van der Waals surface area contributed by atoms with Crippen LogP contribution in [0.4, 0.5) is 0 Å². The predicted molar refractivity (Wildman–Crippen MR) is 35.4 cm³/mol. The number of ketones is 2. The lowest BCUT2D eigenvalue weighted by Crippen LogP contribution is -2.20. The van der Waals surface area contributed by atoms with Crippen LogP contribution in [-0.4, -0.2) is 11.6 Å². The summed E-state index contributed by atoms with van der Waals surface area (Å²) in [6, 6.07) is 0. The Labute approximate surface area is 58.9 Å². The molecule has 2 aliphatic rings. The monoisotopic (exact) mass is 136 g/mol. The number of fused-ring (bicyclic) bond motifs is 2. The topological polar surface area (TPSA) is 34.1 Å². The van der Waals surface area contributed by atoms with Gasteiger partial charge in [-0.25, -0.2) is 0 Å². The molecule has 2 unspecified atom stereocenters. The van der Waals surface area contributed by atoms with Gasteiger partial charge in [-0.2, -0.15) is 0 Å². The molecule has 0 aromatic heterocycles. The lowest BCUT2D eigenvalue weighted by atomic mass is 9.98. The van der Waals surface area contributed by atoms with Crippen LogP contribution in [0.2, 0.25) is 0 Å². The highest BCUT2D eigenvalue weighted by atomic mass is 16.2. The van der Waals surface area contributed by atoms with Crippen LogP contribution in [0.15, 0.2) is 11.6 Å². The summed E-state index contributed by atoms with van der Waals surface area (Å²) in [5.41, 5.74) is 1.09. The first-order valence-electron chi connectivity index (χ1n) is 3.46. The Bertz CT molecular complexity index is 250. The number of allylic oxidation sites excluding steroid dienone is 2. The predicted octanol–water partition coefficient (Wildman–Crippen LogP) is 0.721. The summed E-state index contributed by atoms with van der Waals surface area (Å²) < 4.78 is 0. The smallest absolute Gasteiger partial charge is 0.206 e. The summed E-state index contributed by atoms with van der Waals surface area (Å²) in [6.45, 7) is 1.93. The lowest BCUT2D eigenvalue weighted by molar-refractivity contribution is -0.136. The van der Waals surface area contributed by atoms with Crippen molar-refractivity contribution < 1.29 is 9.59 Å².